The van der Waals surface area contributed by atoms with Crippen LogP contribution in [-0.4, -0.2) is 70.2 Å². The van der Waals surface area contributed by atoms with E-state index in [-0.39, 0.29) is 29.4 Å². The van der Waals surface area contributed by atoms with Crippen LogP contribution in [0.2, 0.25) is 0 Å². The number of halogens is 1. The van der Waals surface area contributed by atoms with Gasteiger partial charge in [-0.15, -0.1) is 0 Å². The molecule has 0 saturated heterocycles. The van der Waals surface area contributed by atoms with E-state index in [9.17, 15) is 19.2 Å². The van der Waals surface area contributed by atoms with E-state index in [1.54, 1.807) is 85.8 Å². The molecule has 0 heterocycles. The Morgan fingerprint density at radius 2 is 1.05 bits per heavy atom. The van der Waals surface area contributed by atoms with E-state index in [4.69, 9.17) is 42.9 Å². The molecule has 0 bridgehead atoms. The van der Waals surface area contributed by atoms with Gasteiger partial charge in [-0.1, -0.05) is 13.2 Å². The number of benzene rings is 4. The minimum Gasteiger partial charge on any atom is -0.494 e. The molecule has 0 spiro atoms. The number of aliphatic imine (C=N–C) groups is 1. The molecule has 0 N–H and O–H groups in total. The monoisotopic (exact) mass is 857 g/mol. The average molecular weight is 859 g/mol. The van der Waals surface area contributed by atoms with Gasteiger partial charge in [-0.05, 0) is 127 Å². The van der Waals surface area contributed by atoms with Crippen molar-refractivity contribution in [2.45, 2.75) is 32.6 Å². The zero-order valence-electron chi connectivity index (χ0n) is 32.5. The Kier molecular flexibility index (Phi) is 17.5. The van der Waals surface area contributed by atoms with Crippen LogP contribution in [0.5, 0.6) is 34.5 Å². The third-order valence-corrected chi connectivity index (χ3v) is 8.74. The Labute approximate surface area is 345 Å². The van der Waals surface area contributed by atoms with Crippen molar-refractivity contribution in [1.29, 1.82) is 0 Å². The zero-order valence-corrected chi connectivity index (χ0v) is 34.0. The summed E-state index contributed by atoms with van der Waals surface area (Å²) in [6.07, 6.45) is 4.89. The minimum atomic E-state index is -0.630. The third kappa shape index (κ3) is 13.7. The lowest BCUT2D eigenvalue weighted by atomic mass is 10.1. The van der Waals surface area contributed by atoms with Gasteiger partial charge in [-0.3, -0.25) is 4.99 Å². The Morgan fingerprint density at radius 3 is 1.50 bits per heavy atom. The second-order valence-corrected chi connectivity index (χ2v) is 13.1. The summed E-state index contributed by atoms with van der Waals surface area (Å²) in [5.41, 5.74) is 2.41. The molecule has 13 nitrogen and oxygen atoms in total. The molecule has 0 radical (unpaired) electrons. The normalized spacial score (nSPS) is 10.8. The van der Waals surface area contributed by atoms with Gasteiger partial charge in [-0.25, -0.2) is 19.2 Å². The third-order valence-electron chi connectivity index (χ3n) is 8.11. The molecule has 0 fully saturated rings. The fraction of sp³-hybridized carbons (Fsp3) is 0.250. The first kappa shape index (κ1) is 44.3. The number of hydrogen-bond acceptors (Lipinski definition) is 13. The van der Waals surface area contributed by atoms with Crippen molar-refractivity contribution >= 4 is 51.2 Å². The molecule has 0 aliphatic heterocycles. The minimum absolute atomic E-state index is 0.0965. The number of ether oxygens (including phenoxy) is 8. The Morgan fingerprint density at radius 1 is 0.603 bits per heavy atom. The van der Waals surface area contributed by atoms with Gasteiger partial charge in [0, 0.05) is 27.9 Å². The van der Waals surface area contributed by atoms with Crippen LogP contribution in [-0.2, 0) is 19.1 Å². The molecule has 0 saturated carbocycles. The van der Waals surface area contributed by atoms with E-state index >= 15 is 0 Å². The predicted molar refractivity (Wildman–Crippen MR) is 220 cm³/mol. The highest BCUT2D eigenvalue weighted by atomic mass is 79.9. The SMILES string of the molecule is C=CC(=O)OCCCCOc1ccc(C(=O)Oc2ccc(/N=C(\C)c3cc(OC)c(OC(=O)c4ccc(OCCCCOC(=O)C=C)cc4)c(OC)c3)c(Br)c2)cc1. The first-order valence-corrected chi connectivity index (χ1v) is 18.9. The van der Waals surface area contributed by atoms with Crippen LogP contribution >= 0.6 is 15.9 Å². The van der Waals surface area contributed by atoms with Gasteiger partial charge in [0.2, 0.25) is 5.75 Å². The van der Waals surface area contributed by atoms with E-state index in [1.807, 2.05) is 0 Å². The maximum absolute atomic E-state index is 13.1. The second kappa shape index (κ2) is 23.0. The summed E-state index contributed by atoms with van der Waals surface area (Å²) in [7, 11) is 2.90. The summed E-state index contributed by atoms with van der Waals surface area (Å²) < 4.78 is 44.4. The quantitative estimate of drug-likeness (QED) is 0.0244. The van der Waals surface area contributed by atoms with Crippen LogP contribution in [0.3, 0.4) is 0 Å². The van der Waals surface area contributed by atoms with Gasteiger partial charge in [0.25, 0.3) is 0 Å². The predicted octanol–water partition coefficient (Wildman–Crippen LogP) is 8.82. The van der Waals surface area contributed by atoms with Crippen molar-refractivity contribution in [3.63, 3.8) is 0 Å². The standard InChI is InChI=1S/C44H44BrNO12/c1-6-40(47)55-24-10-8-22-53-33-16-12-30(13-17-33)43(49)57-35-20-21-37(36(45)28-35)46-29(3)32-26-38(51-4)42(39(27-32)52-5)58-44(50)31-14-18-34(19-15-31)54-23-9-11-25-56-41(48)7-2/h6-7,12-21,26-28H,1-2,8-11,22-25H2,3-5H3/b46-29+. The van der Waals surface area contributed by atoms with Gasteiger partial charge >= 0.3 is 23.9 Å². The molecule has 4 aromatic rings. The largest absolute Gasteiger partial charge is 0.494 e. The van der Waals surface area contributed by atoms with Crippen molar-refractivity contribution in [1.82, 2.24) is 0 Å². The van der Waals surface area contributed by atoms with Crippen LogP contribution < -0.4 is 28.4 Å². The molecule has 304 valence electrons. The van der Waals surface area contributed by atoms with Crippen molar-refractivity contribution in [3.05, 3.63) is 125 Å². The summed E-state index contributed by atoms with van der Waals surface area (Å²) in [6, 6.07) is 21.4. The lowest BCUT2D eigenvalue weighted by Crippen LogP contribution is -2.11. The zero-order chi connectivity index (χ0) is 41.9. The molecule has 58 heavy (non-hydrogen) atoms. The van der Waals surface area contributed by atoms with Crippen LogP contribution in [0.4, 0.5) is 5.69 Å². The lowest BCUT2D eigenvalue weighted by molar-refractivity contribution is -0.138. The first-order chi connectivity index (χ1) is 28.0. The van der Waals surface area contributed by atoms with Gasteiger partial charge in [0.15, 0.2) is 11.5 Å². The molecular formula is C44H44BrNO12. The smallest absolute Gasteiger partial charge is 0.343 e. The number of hydrogen-bond donors (Lipinski definition) is 0. The maximum atomic E-state index is 13.1. The molecule has 0 aromatic heterocycles. The number of carbonyl (C=O) groups is 4. The Bertz CT molecular complexity index is 2070. The highest BCUT2D eigenvalue weighted by Gasteiger charge is 2.20. The van der Waals surface area contributed by atoms with E-state index in [0.717, 1.165) is 12.2 Å². The lowest BCUT2D eigenvalue weighted by Gasteiger charge is -2.15. The Balaban J connectivity index is 1.33. The average Bonchev–Trinajstić information content (AvgIpc) is 3.24. The van der Waals surface area contributed by atoms with Crippen LogP contribution in [0.25, 0.3) is 0 Å². The summed E-state index contributed by atoms with van der Waals surface area (Å²) in [4.78, 5) is 53.0. The summed E-state index contributed by atoms with van der Waals surface area (Å²) >= 11 is 3.53. The topological polar surface area (TPSA) is 154 Å². The van der Waals surface area contributed by atoms with Gasteiger partial charge < -0.3 is 37.9 Å². The molecule has 0 aliphatic rings. The van der Waals surface area contributed by atoms with E-state index in [0.29, 0.717) is 89.8 Å². The number of esters is 4. The van der Waals surface area contributed by atoms with Gasteiger partial charge in [0.1, 0.15) is 17.2 Å². The van der Waals surface area contributed by atoms with Crippen molar-refractivity contribution in [3.8, 4) is 34.5 Å². The number of methoxy groups -OCH3 is 2. The molecule has 14 heteroatoms. The van der Waals surface area contributed by atoms with E-state index < -0.39 is 23.9 Å². The highest BCUT2D eigenvalue weighted by molar-refractivity contribution is 9.10. The molecular weight excluding hydrogens is 814 g/mol. The molecule has 0 unspecified atom stereocenters. The summed E-state index contributed by atoms with van der Waals surface area (Å²) in [6.45, 7) is 9.92. The molecule has 4 rings (SSSR count). The van der Waals surface area contributed by atoms with Crippen molar-refractivity contribution in [2.75, 3.05) is 40.6 Å². The Hall–Kier alpha value is -6.41. The van der Waals surface area contributed by atoms with Crippen LogP contribution in [0.1, 0.15) is 58.9 Å². The maximum Gasteiger partial charge on any atom is 0.343 e. The molecule has 4 aromatic carbocycles. The number of nitrogens with zero attached hydrogens (tertiary/aromatic N) is 1. The summed E-state index contributed by atoms with van der Waals surface area (Å²) in [5.74, 6) is -0.0210. The molecule has 0 amide bonds. The second-order valence-electron chi connectivity index (χ2n) is 12.2. The van der Waals surface area contributed by atoms with E-state index in [1.165, 1.54) is 14.2 Å². The molecule has 0 atom stereocenters. The fourth-order valence-electron chi connectivity index (χ4n) is 5.02. The van der Waals surface area contributed by atoms with Crippen molar-refractivity contribution in [2.24, 2.45) is 4.99 Å². The van der Waals surface area contributed by atoms with Crippen LogP contribution in [0, 0.1) is 0 Å². The number of rotatable bonds is 22. The fourth-order valence-corrected chi connectivity index (χ4v) is 5.47. The van der Waals surface area contributed by atoms with E-state index in [2.05, 4.69) is 29.1 Å². The highest BCUT2D eigenvalue weighted by Crippen LogP contribution is 2.40. The van der Waals surface area contributed by atoms with Crippen molar-refractivity contribution < 1.29 is 57.1 Å². The first-order valence-electron chi connectivity index (χ1n) is 18.1. The number of carbonyl (C=O) groups excluding carboxylic acids is 4. The van der Waals surface area contributed by atoms with Gasteiger partial charge in [-0.2, -0.15) is 0 Å². The summed E-state index contributed by atoms with van der Waals surface area (Å²) in [5, 5.41) is 0. The van der Waals surface area contributed by atoms with Crippen LogP contribution in [0.15, 0.2) is 114 Å². The van der Waals surface area contributed by atoms with Gasteiger partial charge in [0.05, 0.1) is 57.5 Å². The number of unbranched alkanes of at least 4 members (excludes halogenated alkanes) is 2. The molecule has 0 aliphatic carbocycles.